The molecule has 0 radical (unpaired) electrons. The van der Waals surface area contributed by atoms with Crippen LogP contribution in [-0.2, 0) is 4.74 Å². The van der Waals surface area contributed by atoms with Gasteiger partial charge in [0.1, 0.15) is 17.4 Å². The van der Waals surface area contributed by atoms with Crippen LogP contribution in [0.3, 0.4) is 0 Å². The van der Waals surface area contributed by atoms with E-state index >= 15 is 4.39 Å². The van der Waals surface area contributed by atoms with E-state index in [1.807, 2.05) is 6.07 Å². The Labute approximate surface area is 238 Å². The van der Waals surface area contributed by atoms with Gasteiger partial charge in [0.25, 0.3) is 0 Å². The first-order valence-corrected chi connectivity index (χ1v) is 13.2. The number of morpholine rings is 1. The van der Waals surface area contributed by atoms with Crippen molar-refractivity contribution in [1.82, 2.24) is 15.0 Å². The number of nitrogens with one attached hydrogen (secondary N) is 1. The monoisotopic (exact) mass is 575 g/mol. The van der Waals surface area contributed by atoms with Crippen LogP contribution in [0.15, 0.2) is 73.1 Å². The van der Waals surface area contributed by atoms with Crippen LogP contribution < -0.4 is 15.0 Å². The summed E-state index contributed by atoms with van der Waals surface area (Å²) in [7, 11) is 0. The van der Waals surface area contributed by atoms with Crippen LogP contribution in [0.4, 0.5) is 34.6 Å². The summed E-state index contributed by atoms with van der Waals surface area (Å²) in [6, 6.07) is 15.4. The lowest BCUT2D eigenvalue weighted by Crippen LogP contribution is -2.36. The summed E-state index contributed by atoms with van der Waals surface area (Å²) in [6.45, 7) is 1.18. The van der Waals surface area contributed by atoms with E-state index in [0.717, 1.165) is 11.8 Å². The third-order valence-corrected chi connectivity index (χ3v) is 7.00. The SMILES string of the molecule is Cc1c(-c2ccccn2)nc2cc(F)cc(F)c2c1Nc1cc(N2CCOCC2)cnc1-c1cccc(OC(F)F)c1. The van der Waals surface area contributed by atoms with Crippen molar-refractivity contribution in [2.45, 2.75) is 13.5 Å². The molecule has 1 saturated heterocycles. The van der Waals surface area contributed by atoms with E-state index in [1.165, 1.54) is 18.2 Å². The number of ether oxygens (including phenoxy) is 2. The molecule has 0 aliphatic carbocycles. The van der Waals surface area contributed by atoms with Gasteiger partial charge in [-0.25, -0.2) is 13.8 Å². The highest BCUT2D eigenvalue weighted by Gasteiger charge is 2.21. The lowest BCUT2D eigenvalue weighted by atomic mass is 10.0. The fraction of sp³-hybridized carbons (Fsp3) is 0.194. The van der Waals surface area contributed by atoms with Crippen molar-refractivity contribution < 1.29 is 27.0 Å². The number of alkyl halides is 2. The van der Waals surface area contributed by atoms with Gasteiger partial charge in [-0.1, -0.05) is 18.2 Å². The number of rotatable bonds is 7. The standard InChI is InChI=1S/C31H25F4N5O2/c1-18-28(24-7-2-3-8-36-24)38-25-15-20(32)14-23(33)27(25)29(18)39-26-16-21(40-9-11-41-12-10-40)17-37-30(26)19-5-4-6-22(13-19)42-31(34)35/h2-8,13-17,31H,9-12H2,1H3,(H,38,39). The number of nitrogens with zero attached hydrogens (tertiary/aromatic N) is 4. The van der Waals surface area contributed by atoms with E-state index in [-0.39, 0.29) is 16.7 Å². The molecular weight excluding hydrogens is 550 g/mol. The van der Waals surface area contributed by atoms with Crippen LogP contribution in [0, 0.1) is 18.6 Å². The Morgan fingerprint density at radius 3 is 2.55 bits per heavy atom. The molecule has 42 heavy (non-hydrogen) atoms. The van der Waals surface area contributed by atoms with Crippen LogP contribution in [0.2, 0.25) is 0 Å². The highest BCUT2D eigenvalue weighted by atomic mass is 19.3. The molecule has 0 atom stereocenters. The van der Waals surface area contributed by atoms with Crippen LogP contribution in [0.1, 0.15) is 5.56 Å². The topological polar surface area (TPSA) is 72.4 Å². The number of hydrogen-bond acceptors (Lipinski definition) is 7. The largest absolute Gasteiger partial charge is 0.435 e. The summed E-state index contributed by atoms with van der Waals surface area (Å²) < 4.78 is 65.9. The highest BCUT2D eigenvalue weighted by Crippen LogP contribution is 2.40. The van der Waals surface area contributed by atoms with Gasteiger partial charge < -0.3 is 19.7 Å². The van der Waals surface area contributed by atoms with Gasteiger partial charge >= 0.3 is 6.61 Å². The van der Waals surface area contributed by atoms with E-state index in [0.29, 0.717) is 65.9 Å². The van der Waals surface area contributed by atoms with Gasteiger partial charge in [0.2, 0.25) is 0 Å². The fourth-order valence-electron chi connectivity index (χ4n) is 5.04. The van der Waals surface area contributed by atoms with Crippen LogP contribution in [0.5, 0.6) is 5.75 Å². The summed E-state index contributed by atoms with van der Waals surface area (Å²) in [6.07, 6.45) is 3.31. The molecule has 4 heterocycles. The summed E-state index contributed by atoms with van der Waals surface area (Å²) in [5, 5.41) is 3.44. The lowest BCUT2D eigenvalue weighted by molar-refractivity contribution is -0.0498. The Morgan fingerprint density at radius 1 is 0.952 bits per heavy atom. The molecule has 5 aromatic rings. The molecule has 7 nitrogen and oxygen atoms in total. The minimum Gasteiger partial charge on any atom is -0.435 e. The van der Waals surface area contributed by atoms with Crippen LogP contribution in [-0.4, -0.2) is 47.9 Å². The zero-order chi connectivity index (χ0) is 29.2. The molecule has 0 spiro atoms. The first kappa shape index (κ1) is 27.4. The minimum absolute atomic E-state index is 0.0306. The van der Waals surface area contributed by atoms with E-state index in [4.69, 9.17) is 9.72 Å². The number of pyridine rings is 3. The van der Waals surface area contributed by atoms with E-state index < -0.39 is 18.2 Å². The van der Waals surface area contributed by atoms with Gasteiger partial charge in [0.05, 0.1) is 64.5 Å². The summed E-state index contributed by atoms with van der Waals surface area (Å²) in [4.78, 5) is 15.8. The van der Waals surface area contributed by atoms with Gasteiger partial charge in [-0.2, -0.15) is 8.78 Å². The second-order valence-corrected chi connectivity index (χ2v) is 9.68. The predicted octanol–water partition coefficient (Wildman–Crippen LogP) is 7.13. The Bertz CT molecular complexity index is 1750. The van der Waals surface area contributed by atoms with Crippen molar-refractivity contribution in [2.75, 3.05) is 36.5 Å². The number of halogens is 4. The maximum absolute atomic E-state index is 15.4. The molecule has 11 heteroatoms. The van der Waals surface area contributed by atoms with Gasteiger partial charge in [0.15, 0.2) is 0 Å². The smallest absolute Gasteiger partial charge is 0.387 e. The number of aromatic nitrogens is 3. The molecule has 1 fully saturated rings. The fourth-order valence-corrected chi connectivity index (χ4v) is 5.04. The van der Waals surface area contributed by atoms with Gasteiger partial charge in [0, 0.05) is 42.5 Å². The summed E-state index contributed by atoms with van der Waals surface area (Å²) >= 11 is 0. The third-order valence-electron chi connectivity index (χ3n) is 7.00. The predicted molar refractivity (Wildman–Crippen MR) is 152 cm³/mol. The molecule has 0 saturated carbocycles. The molecule has 0 unspecified atom stereocenters. The number of fused-ring (bicyclic) bond motifs is 1. The first-order valence-electron chi connectivity index (χ1n) is 13.2. The number of benzene rings is 2. The second kappa shape index (κ2) is 11.6. The van der Waals surface area contributed by atoms with E-state index in [1.54, 1.807) is 49.6 Å². The summed E-state index contributed by atoms with van der Waals surface area (Å²) in [5.74, 6) is -1.58. The Kier molecular flexibility index (Phi) is 7.58. The van der Waals surface area contributed by atoms with Gasteiger partial charge in [-0.15, -0.1) is 0 Å². The maximum atomic E-state index is 15.4. The summed E-state index contributed by atoms with van der Waals surface area (Å²) in [5.41, 5.74) is 4.17. The van der Waals surface area contributed by atoms with Gasteiger partial charge in [-0.3, -0.25) is 9.97 Å². The Morgan fingerprint density at radius 2 is 1.79 bits per heavy atom. The zero-order valence-corrected chi connectivity index (χ0v) is 22.5. The van der Waals surface area contributed by atoms with Crippen LogP contribution >= 0.6 is 0 Å². The molecule has 0 bridgehead atoms. The van der Waals surface area contributed by atoms with E-state index in [9.17, 15) is 13.2 Å². The molecule has 1 aliphatic rings. The quantitative estimate of drug-likeness (QED) is 0.207. The van der Waals surface area contributed by atoms with E-state index in [2.05, 4.69) is 24.9 Å². The first-order chi connectivity index (χ1) is 20.4. The molecule has 1 aliphatic heterocycles. The molecule has 0 amide bonds. The number of hydrogen-bond donors (Lipinski definition) is 1. The second-order valence-electron chi connectivity index (χ2n) is 9.68. The van der Waals surface area contributed by atoms with Crippen molar-refractivity contribution in [3.8, 4) is 28.4 Å². The lowest BCUT2D eigenvalue weighted by Gasteiger charge is -2.29. The molecule has 3 aromatic heterocycles. The average Bonchev–Trinajstić information content (AvgIpc) is 2.99. The molecule has 6 rings (SSSR count). The van der Waals surface area contributed by atoms with Crippen molar-refractivity contribution in [1.29, 1.82) is 0 Å². The Hall–Kier alpha value is -4.77. The van der Waals surface area contributed by atoms with Crippen molar-refractivity contribution in [2.24, 2.45) is 0 Å². The zero-order valence-electron chi connectivity index (χ0n) is 22.5. The average molecular weight is 576 g/mol. The van der Waals surface area contributed by atoms with Crippen LogP contribution in [0.25, 0.3) is 33.5 Å². The molecule has 214 valence electrons. The minimum atomic E-state index is -2.99. The van der Waals surface area contributed by atoms with Crippen molar-refractivity contribution >= 4 is 28.0 Å². The highest BCUT2D eigenvalue weighted by molar-refractivity contribution is 5.99. The molecular formula is C31H25F4N5O2. The maximum Gasteiger partial charge on any atom is 0.387 e. The molecule has 1 N–H and O–H groups in total. The Balaban J connectivity index is 1.55. The van der Waals surface area contributed by atoms with Crippen molar-refractivity contribution in [3.63, 3.8) is 0 Å². The number of anilines is 3. The normalized spacial score (nSPS) is 13.5. The third kappa shape index (κ3) is 5.55. The van der Waals surface area contributed by atoms with Gasteiger partial charge in [-0.05, 0) is 37.3 Å². The van der Waals surface area contributed by atoms with Crippen molar-refractivity contribution in [3.05, 3.63) is 90.3 Å². The molecule has 2 aromatic carbocycles.